The van der Waals surface area contributed by atoms with E-state index in [2.05, 4.69) is 0 Å². The minimum Gasteiger partial charge on any atom is -0.382 e. The Kier molecular flexibility index (Phi) is 3.37. The fraction of sp³-hybridized carbons (Fsp3) is 0.333. The van der Waals surface area contributed by atoms with Gasteiger partial charge in [0.05, 0.1) is 0 Å². The van der Waals surface area contributed by atoms with Gasteiger partial charge in [0.1, 0.15) is 0 Å². The molecule has 0 aliphatic heterocycles. The lowest BCUT2D eigenvalue weighted by atomic mass is 10.0. The van der Waals surface area contributed by atoms with E-state index >= 15 is 0 Å². The molecule has 1 N–H and O–H groups in total. The highest BCUT2D eigenvalue weighted by molar-refractivity contribution is 5.22. The topological polar surface area (TPSA) is 20.2 Å². The second-order valence-corrected chi connectivity index (χ2v) is 3.20. The summed E-state index contributed by atoms with van der Waals surface area (Å²) in [6.07, 6.45) is -9.28. The van der Waals surface area contributed by atoms with E-state index in [0.717, 1.165) is 0 Å². The number of aliphatic hydroxyl groups excluding tert-OH is 1. The van der Waals surface area contributed by atoms with E-state index in [-0.39, 0.29) is 6.07 Å². The largest absolute Gasteiger partial charge is 0.456 e. The lowest BCUT2D eigenvalue weighted by Crippen LogP contribution is -2.42. The first-order valence-electron chi connectivity index (χ1n) is 4.15. The van der Waals surface area contributed by atoms with Gasteiger partial charge in [-0.2, -0.15) is 22.0 Å². The Morgan fingerprint density at radius 1 is 0.941 bits per heavy atom. The third-order valence-electron chi connectivity index (χ3n) is 1.98. The van der Waals surface area contributed by atoms with Gasteiger partial charge < -0.3 is 5.11 Å². The van der Waals surface area contributed by atoms with Gasteiger partial charge in [-0.25, -0.2) is 8.78 Å². The zero-order valence-corrected chi connectivity index (χ0v) is 7.90. The average molecular weight is 262 g/mol. The third kappa shape index (κ3) is 2.51. The van der Waals surface area contributed by atoms with Crippen molar-refractivity contribution < 1.29 is 35.8 Å². The maximum absolute atomic E-state index is 12.7. The molecule has 1 unspecified atom stereocenters. The Labute approximate surface area is 90.5 Å². The smallest absolute Gasteiger partial charge is 0.382 e. The Morgan fingerprint density at radius 3 is 1.88 bits per heavy atom. The van der Waals surface area contributed by atoms with Crippen molar-refractivity contribution in [3.05, 3.63) is 35.4 Å². The third-order valence-corrected chi connectivity index (χ3v) is 1.98. The van der Waals surface area contributed by atoms with Crippen LogP contribution in [-0.4, -0.2) is 17.2 Å². The predicted octanol–water partition coefficient (Wildman–Crippen LogP) is 3.20. The average Bonchev–Trinajstić information content (AvgIpc) is 2.19. The molecular weight excluding hydrogens is 257 g/mol. The SMILES string of the molecule is OC(c1ccc(F)c(F)c1)C(F)(F)C(F)(F)F. The number of alkyl halides is 5. The van der Waals surface area contributed by atoms with Gasteiger partial charge in [-0.1, -0.05) is 6.07 Å². The summed E-state index contributed by atoms with van der Waals surface area (Å²) in [4.78, 5) is 0. The van der Waals surface area contributed by atoms with E-state index in [1.165, 1.54) is 0 Å². The molecule has 1 atom stereocenters. The molecule has 0 amide bonds. The second kappa shape index (κ2) is 4.17. The molecule has 8 heteroatoms. The highest BCUT2D eigenvalue weighted by Gasteiger charge is 2.62. The molecule has 96 valence electrons. The molecule has 0 radical (unpaired) electrons. The van der Waals surface area contributed by atoms with E-state index < -0.39 is 35.4 Å². The normalized spacial score (nSPS) is 14.8. The maximum Gasteiger partial charge on any atom is 0.456 e. The van der Waals surface area contributed by atoms with Crippen LogP contribution in [0.2, 0.25) is 0 Å². The van der Waals surface area contributed by atoms with Gasteiger partial charge in [0, 0.05) is 0 Å². The zero-order chi connectivity index (χ0) is 13.4. The number of halogens is 7. The molecule has 0 fully saturated rings. The van der Waals surface area contributed by atoms with Crippen LogP contribution in [0.1, 0.15) is 11.7 Å². The summed E-state index contributed by atoms with van der Waals surface area (Å²) in [7, 11) is 0. The summed E-state index contributed by atoms with van der Waals surface area (Å²) in [5, 5.41) is 8.84. The van der Waals surface area contributed by atoms with Crippen molar-refractivity contribution in [3.63, 3.8) is 0 Å². The van der Waals surface area contributed by atoms with Crippen LogP contribution >= 0.6 is 0 Å². The van der Waals surface area contributed by atoms with Gasteiger partial charge in [0.2, 0.25) is 0 Å². The molecule has 1 rings (SSSR count). The van der Waals surface area contributed by atoms with E-state index in [9.17, 15) is 30.7 Å². The van der Waals surface area contributed by atoms with Crippen LogP contribution in [0.5, 0.6) is 0 Å². The molecule has 0 aliphatic rings. The number of aliphatic hydroxyl groups is 1. The van der Waals surface area contributed by atoms with E-state index in [4.69, 9.17) is 5.11 Å². The van der Waals surface area contributed by atoms with Gasteiger partial charge in [0.25, 0.3) is 0 Å². The summed E-state index contributed by atoms with van der Waals surface area (Å²) in [6, 6.07) is 0.878. The first-order chi connectivity index (χ1) is 7.57. The van der Waals surface area contributed by atoms with Crippen LogP contribution in [0.4, 0.5) is 30.7 Å². The van der Waals surface area contributed by atoms with Crippen molar-refractivity contribution in [3.8, 4) is 0 Å². The molecular formula is C9H5F7O. The summed E-state index contributed by atoms with van der Waals surface area (Å²) in [5.74, 6) is -8.49. The molecule has 1 aromatic carbocycles. The molecule has 1 nitrogen and oxygen atoms in total. The first kappa shape index (κ1) is 13.8. The van der Waals surface area contributed by atoms with Crippen molar-refractivity contribution in [2.24, 2.45) is 0 Å². The Morgan fingerprint density at radius 2 is 1.47 bits per heavy atom. The molecule has 0 heterocycles. The van der Waals surface area contributed by atoms with Crippen molar-refractivity contribution in [2.75, 3.05) is 0 Å². The highest BCUT2D eigenvalue weighted by atomic mass is 19.4. The van der Waals surface area contributed by atoms with Gasteiger partial charge in [-0.3, -0.25) is 0 Å². The zero-order valence-electron chi connectivity index (χ0n) is 7.90. The van der Waals surface area contributed by atoms with Crippen LogP contribution in [0.15, 0.2) is 18.2 Å². The Balaban J connectivity index is 3.12. The monoisotopic (exact) mass is 262 g/mol. The lowest BCUT2D eigenvalue weighted by molar-refractivity contribution is -0.315. The summed E-state index contributed by atoms with van der Waals surface area (Å²) < 4.78 is 86.0. The van der Waals surface area contributed by atoms with Crippen molar-refractivity contribution in [1.29, 1.82) is 0 Å². The van der Waals surface area contributed by atoms with Gasteiger partial charge in [-0.15, -0.1) is 0 Å². The summed E-state index contributed by atoms with van der Waals surface area (Å²) in [5.41, 5.74) is -1.06. The first-order valence-corrected chi connectivity index (χ1v) is 4.15. The maximum atomic E-state index is 12.7. The minimum atomic E-state index is -5.99. The van der Waals surface area contributed by atoms with E-state index in [0.29, 0.717) is 12.1 Å². The molecule has 17 heavy (non-hydrogen) atoms. The molecule has 0 saturated heterocycles. The van der Waals surface area contributed by atoms with E-state index in [1.807, 2.05) is 0 Å². The van der Waals surface area contributed by atoms with Gasteiger partial charge in [-0.05, 0) is 17.7 Å². The molecule has 0 bridgehead atoms. The summed E-state index contributed by atoms with van der Waals surface area (Å²) in [6.45, 7) is 0. The number of benzene rings is 1. The second-order valence-electron chi connectivity index (χ2n) is 3.20. The predicted molar refractivity (Wildman–Crippen MR) is 42.3 cm³/mol. The van der Waals surface area contributed by atoms with Crippen molar-refractivity contribution >= 4 is 0 Å². The highest BCUT2D eigenvalue weighted by Crippen LogP contribution is 2.44. The van der Waals surface area contributed by atoms with Crippen LogP contribution in [0.25, 0.3) is 0 Å². The van der Waals surface area contributed by atoms with Crippen molar-refractivity contribution in [1.82, 2.24) is 0 Å². The van der Waals surface area contributed by atoms with Crippen molar-refractivity contribution in [2.45, 2.75) is 18.2 Å². The van der Waals surface area contributed by atoms with Crippen LogP contribution in [-0.2, 0) is 0 Å². The number of rotatable bonds is 2. The van der Waals surface area contributed by atoms with Gasteiger partial charge >= 0.3 is 12.1 Å². The fourth-order valence-corrected chi connectivity index (χ4v) is 1.05. The molecule has 1 aromatic rings. The minimum absolute atomic E-state index is 0.0830. The Bertz CT molecular complexity index is 412. The lowest BCUT2D eigenvalue weighted by Gasteiger charge is -2.24. The fourth-order valence-electron chi connectivity index (χ4n) is 1.05. The quantitative estimate of drug-likeness (QED) is 0.811. The number of hydrogen-bond donors (Lipinski definition) is 1. The Hall–Kier alpha value is -1.31. The van der Waals surface area contributed by atoms with Crippen LogP contribution in [0, 0.1) is 11.6 Å². The van der Waals surface area contributed by atoms with Crippen LogP contribution < -0.4 is 0 Å². The molecule has 0 spiro atoms. The standard InChI is InChI=1S/C9H5F7O/c10-5-2-1-4(3-6(5)11)7(17)8(12,13)9(14,15)16/h1-3,7,17H. The van der Waals surface area contributed by atoms with Crippen LogP contribution in [0.3, 0.4) is 0 Å². The van der Waals surface area contributed by atoms with E-state index in [1.54, 1.807) is 0 Å². The summed E-state index contributed by atoms with van der Waals surface area (Å²) >= 11 is 0. The van der Waals surface area contributed by atoms with Gasteiger partial charge in [0.15, 0.2) is 17.7 Å². The molecule has 0 aliphatic carbocycles. The molecule has 0 saturated carbocycles. The number of hydrogen-bond acceptors (Lipinski definition) is 1. The molecule has 0 aromatic heterocycles.